The molecule has 1 rings (SSSR count). The van der Waals surface area contributed by atoms with Gasteiger partial charge < -0.3 is 14.8 Å². The fraction of sp³-hybridized carbons (Fsp3) is 0.429. The first-order valence-electron chi connectivity index (χ1n) is 5.90. The number of hydrogen-bond acceptors (Lipinski definition) is 4. The summed E-state index contributed by atoms with van der Waals surface area (Å²) in [5.41, 5.74) is -0.0457. The predicted octanol–water partition coefficient (Wildman–Crippen LogP) is 1.48. The van der Waals surface area contributed by atoms with E-state index in [4.69, 9.17) is 14.7 Å². The second-order valence-corrected chi connectivity index (χ2v) is 4.76. The van der Waals surface area contributed by atoms with Gasteiger partial charge >= 0.3 is 0 Å². The van der Waals surface area contributed by atoms with Crippen LogP contribution in [0.1, 0.15) is 19.4 Å². The highest BCUT2D eigenvalue weighted by molar-refractivity contribution is 5.78. The van der Waals surface area contributed by atoms with Crippen LogP contribution in [0.5, 0.6) is 5.75 Å². The molecule has 0 saturated heterocycles. The van der Waals surface area contributed by atoms with Gasteiger partial charge in [-0.05, 0) is 26.0 Å². The number of methoxy groups -OCH3 is 1. The molecule has 0 unspecified atom stereocenters. The Morgan fingerprint density at radius 2 is 2.11 bits per heavy atom. The largest absolute Gasteiger partial charge is 0.482 e. The number of amides is 1. The quantitative estimate of drug-likeness (QED) is 0.843. The molecular formula is C14H18N2O3. The number of nitrogens with one attached hydrogen (secondary N) is 1. The number of ether oxygens (including phenoxy) is 2. The zero-order valence-electron chi connectivity index (χ0n) is 11.4. The molecular weight excluding hydrogens is 244 g/mol. The van der Waals surface area contributed by atoms with Crippen molar-refractivity contribution in [2.75, 3.05) is 20.3 Å². The lowest BCUT2D eigenvalue weighted by Gasteiger charge is -2.25. The van der Waals surface area contributed by atoms with Crippen molar-refractivity contribution in [1.29, 1.82) is 5.26 Å². The smallest absolute Gasteiger partial charge is 0.258 e. The van der Waals surface area contributed by atoms with Crippen molar-refractivity contribution in [3.8, 4) is 11.8 Å². The second kappa shape index (κ2) is 6.76. The molecule has 102 valence electrons. The molecule has 19 heavy (non-hydrogen) atoms. The molecule has 0 radical (unpaired) electrons. The highest BCUT2D eigenvalue weighted by Crippen LogP contribution is 2.16. The van der Waals surface area contributed by atoms with Crippen LogP contribution in [-0.4, -0.2) is 31.8 Å². The van der Waals surface area contributed by atoms with E-state index in [-0.39, 0.29) is 12.5 Å². The van der Waals surface area contributed by atoms with Gasteiger partial charge in [0.2, 0.25) is 0 Å². The van der Waals surface area contributed by atoms with Crippen LogP contribution in [0.15, 0.2) is 24.3 Å². The monoisotopic (exact) mass is 262 g/mol. The summed E-state index contributed by atoms with van der Waals surface area (Å²) in [5.74, 6) is 0.152. The van der Waals surface area contributed by atoms with Gasteiger partial charge in [-0.1, -0.05) is 12.1 Å². The van der Waals surface area contributed by atoms with Gasteiger partial charge in [0.15, 0.2) is 6.61 Å². The Bertz CT molecular complexity index is 478. The Kier molecular flexibility index (Phi) is 5.34. The number of rotatable bonds is 6. The van der Waals surface area contributed by atoms with Crippen molar-refractivity contribution in [3.63, 3.8) is 0 Å². The van der Waals surface area contributed by atoms with Gasteiger partial charge in [-0.3, -0.25) is 4.79 Å². The maximum atomic E-state index is 11.7. The highest BCUT2D eigenvalue weighted by Gasteiger charge is 2.20. The molecule has 0 bridgehead atoms. The van der Waals surface area contributed by atoms with Crippen LogP contribution in [0.4, 0.5) is 0 Å². The Morgan fingerprint density at radius 3 is 2.74 bits per heavy atom. The predicted molar refractivity (Wildman–Crippen MR) is 70.7 cm³/mol. The van der Waals surface area contributed by atoms with Crippen LogP contribution in [-0.2, 0) is 9.53 Å². The lowest BCUT2D eigenvalue weighted by Crippen LogP contribution is -2.48. The van der Waals surface area contributed by atoms with Gasteiger partial charge in [-0.25, -0.2) is 0 Å². The van der Waals surface area contributed by atoms with E-state index in [1.807, 2.05) is 19.9 Å². The zero-order valence-corrected chi connectivity index (χ0v) is 11.4. The van der Waals surface area contributed by atoms with Crippen LogP contribution in [0.3, 0.4) is 0 Å². The molecule has 0 aliphatic rings. The third kappa shape index (κ3) is 4.98. The maximum Gasteiger partial charge on any atom is 0.258 e. The minimum atomic E-state index is -0.454. The Morgan fingerprint density at radius 1 is 1.42 bits per heavy atom. The molecule has 5 nitrogen and oxygen atoms in total. The minimum Gasteiger partial charge on any atom is -0.482 e. The number of nitrogens with zero attached hydrogens (tertiary/aromatic N) is 1. The van der Waals surface area contributed by atoms with E-state index in [1.165, 1.54) is 0 Å². The average molecular weight is 262 g/mol. The number of carbonyl (C=O) groups excluding carboxylic acids is 1. The topological polar surface area (TPSA) is 71.3 Å². The third-order valence-corrected chi connectivity index (χ3v) is 2.35. The van der Waals surface area contributed by atoms with Crippen LogP contribution >= 0.6 is 0 Å². The average Bonchev–Trinajstić information content (AvgIpc) is 2.36. The second-order valence-electron chi connectivity index (χ2n) is 4.76. The molecule has 0 atom stereocenters. The van der Waals surface area contributed by atoms with E-state index < -0.39 is 5.54 Å². The summed E-state index contributed by atoms with van der Waals surface area (Å²) < 4.78 is 10.3. The Hall–Kier alpha value is -2.06. The van der Waals surface area contributed by atoms with Gasteiger partial charge in [-0.15, -0.1) is 0 Å². The molecule has 1 amide bonds. The van der Waals surface area contributed by atoms with Gasteiger partial charge in [0.1, 0.15) is 11.8 Å². The summed E-state index contributed by atoms with van der Waals surface area (Å²) in [7, 11) is 1.58. The molecule has 1 aromatic rings. The first-order valence-corrected chi connectivity index (χ1v) is 5.90. The van der Waals surface area contributed by atoms with Gasteiger partial charge in [-0.2, -0.15) is 5.26 Å². The van der Waals surface area contributed by atoms with E-state index >= 15 is 0 Å². The van der Waals surface area contributed by atoms with E-state index in [1.54, 1.807) is 31.4 Å². The summed E-state index contributed by atoms with van der Waals surface area (Å²) in [6.07, 6.45) is 0. The number of hydrogen-bond donors (Lipinski definition) is 1. The van der Waals surface area contributed by atoms with Gasteiger partial charge in [0.25, 0.3) is 5.91 Å². The van der Waals surface area contributed by atoms with Crippen molar-refractivity contribution in [2.45, 2.75) is 19.4 Å². The highest BCUT2D eigenvalue weighted by atomic mass is 16.5. The SMILES string of the molecule is COCC(C)(C)NC(=O)COc1ccccc1C#N. The lowest BCUT2D eigenvalue weighted by molar-refractivity contribution is -0.125. The van der Waals surface area contributed by atoms with Crippen molar-refractivity contribution in [2.24, 2.45) is 0 Å². The maximum absolute atomic E-state index is 11.7. The van der Waals surface area contributed by atoms with Crippen molar-refractivity contribution in [1.82, 2.24) is 5.32 Å². The molecule has 0 heterocycles. The van der Waals surface area contributed by atoms with Crippen LogP contribution in [0.2, 0.25) is 0 Å². The number of carbonyl (C=O) groups is 1. The van der Waals surface area contributed by atoms with E-state index in [2.05, 4.69) is 5.32 Å². The normalized spacial score (nSPS) is 10.6. The van der Waals surface area contributed by atoms with E-state index in [9.17, 15) is 4.79 Å². The first-order chi connectivity index (χ1) is 8.98. The molecule has 5 heteroatoms. The van der Waals surface area contributed by atoms with Gasteiger partial charge in [0.05, 0.1) is 17.7 Å². The standard InChI is InChI=1S/C14H18N2O3/c1-14(2,10-18-3)16-13(17)9-19-12-7-5-4-6-11(12)8-15/h4-7H,9-10H2,1-3H3,(H,16,17). The molecule has 0 aliphatic carbocycles. The van der Waals surface area contributed by atoms with Crippen molar-refractivity contribution < 1.29 is 14.3 Å². The number of nitriles is 1. The molecule has 0 fully saturated rings. The van der Waals surface area contributed by atoms with Crippen LogP contribution in [0, 0.1) is 11.3 Å². The summed E-state index contributed by atoms with van der Waals surface area (Å²) in [6, 6.07) is 8.81. The lowest BCUT2D eigenvalue weighted by atomic mass is 10.1. The molecule has 0 spiro atoms. The molecule has 1 aromatic carbocycles. The Balaban J connectivity index is 2.53. The fourth-order valence-corrected chi connectivity index (χ4v) is 1.64. The summed E-state index contributed by atoms with van der Waals surface area (Å²) in [4.78, 5) is 11.7. The first kappa shape index (κ1) is 15.0. The Labute approximate surface area is 113 Å². The molecule has 0 saturated carbocycles. The number of benzene rings is 1. The molecule has 1 N–H and O–H groups in total. The zero-order chi connectivity index (χ0) is 14.3. The summed E-state index contributed by atoms with van der Waals surface area (Å²) in [6.45, 7) is 3.99. The fourth-order valence-electron chi connectivity index (χ4n) is 1.64. The van der Waals surface area contributed by atoms with Crippen molar-refractivity contribution in [3.05, 3.63) is 29.8 Å². The third-order valence-electron chi connectivity index (χ3n) is 2.35. The van der Waals surface area contributed by atoms with Crippen LogP contribution in [0.25, 0.3) is 0 Å². The van der Waals surface area contributed by atoms with Gasteiger partial charge in [0, 0.05) is 7.11 Å². The minimum absolute atomic E-state index is 0.133. The van der Waals surface area contributed by atoms with E-state index in [0.29, 0.717) is 17.9 Å². The molecule has 0 aliphatic heterocycles. The van der Waals surface area contributed by atoms with Crippen molar-refractivity contribution >= 4 is 5.91 Å². The summed E-state index contributed by atoms with van der Waals surface area (Å²) >= 11 is 0. The summed E-state index contributed by atoms with van der Waals surface area (Å²) in [5, 5.41) is 11.7. The number of para-hydroxylation sites is 1. The van der Waals surface area contributed by atoms with Crippen LogP contribution < -0.4 is 10.1 Å². The van der Waals surface area contributed by atoms with E-state index in [0.717, 1.165) is 0 Å². The molecule has 0 aromatic heterocycles.